The smallest absolute Gasteiger partial charge is 0.306 e. The number of hydrogen-bond acceptors (Lipinski definition) is 5. The van der Waals surface area contributed by atoms with E-state index in [1.165, 1.54) is 16.8 Å². The van der Waals surface area contributed by atoms with E-state index in [-0.39, 0.29) is 18.5 Å². The molecule has 1 aromatic rings. The lowest BCUT2D eigenvalue weighted by atomic mass is 10.1. The molecule has 0 spiro atoms. The second-order valence-electron chi connectivity index (χ2n) is 6.39. The summed E-state index contributed by atoms with van der Waals surface area (Å²) in [5, 5.41) is 6.89. The summed E-state index contributed by atoms with van der Waals surface area (Å²) in [6.45, 7) is 9.13. The minimum atomic E-state index is -0.250. The molecule has 0 aliphatic carbocycles. The minimum absolute atomic E-state index is 0.0335. The Labute approximate surface area is 143 Å². The van der Waals surface area contributed by atoms with E-state index in [1.807, 2.05) is 0 Å². The van der Waals surface area contributed by atoms with E-state index in [1.54, 1.807) is 0 Å². The van der Waals surface area contributed by atoms with Crippen molar-refractivity contribution in [3.8, 4) is 0 Å². The zero-order chi connectivity index (χ0) is 17.5. The van der Waals surface area contributed by atoms with Crippen LogP contribution >= 0.6 is 0 Å². The number of piperazine rings is 1. The monoisotopic (exact) mass is 334 g/mol. The molecule has 0 saturated carbocycles. The second-order valence-corrected chi connectivity index (χ2v) is 6.39. The van der Waals surface area contributed by atoms with Crippen LogP contribution in [0.25, 0.3) is 0 Å². The minimum Gasteiger partial charge on any atom is -0.483 e. The first-order valence-corrected chi connectivity index (χ1v) is 8.34. The molecule has 2 heterocycles. The lowest BCUT2D eigenvalue weighted by Crippen LogP contribution is -2.48. The Balaban J connectivity index is 0.000000647. The molecule has 132 valence electrons. The van der Waals surface area contributed by atoms with Gasteiger partial charge in [0.05, 0.1) is 0 Å². The molecule has 1 unspecified atom stereocenters. The molecule has 1 atom stereocenters. The number of ether oxygens (including phenoxy) is 1. The number of aryl methyl sites for hydroxylation is 2. The van der Waals surface area contributed by atoms with Crippen molar-refractivity contribution in [2.24, 2.45) is 0 Å². The molecule has 0 radical (unpaired) electrons. The van der Waals surface area contributed by atoms with Gasteiger partial charge in [-0.05, 0) is 43.5 Å². The van der Waals surface area contributed by atoms with Crippen LogP contribution in [0.15, 0.2) is 18.2 Å². The van der Waals surface area contributed by atoms with Crippen LogP contribution in [0.4, 0.5) is 5.69 Å². The van der Waals surface area contributed by atoms with Crippen LogP contribution in [0.3, 0.4) is 0 Å². The fourth-order valence-electron chi connectivity index (χ4n) is 3.32. The Kier molecular flexibility index (Phi) is 6.61. The molecule has 0 amide bonds. The number of benzene rings is 1. The number of esters is 1. The maximum absolute atomic E-state index is 11.1. The fraction of sp³-hybridized carbons (Fsp3) is 0.556. The molecule has 6 nitrogen and oxygen atoms in total. The number of carboxylic acid groups (broad SMARTS) is 1. The van der Waals surface area contributed by atoms with Crippen LogP contribution in [0.2, 0.25) is 0 Å². The predicted molar refractivity (Wildman–Crippen MR) is 92.4 cm³/mol. The summed E-state index contributed by atoms with van der Waals surface area (Å²) in [7, 11) is 0. The SMILES string of the molecule is Cc1cc(C)cc(N2CCN(CC3CCC(=O)O3)CC2)c1.O=CO. The molecule has 2 aliphatic rings. The highest BCUT2D eigenvalue weighted by molar-refractivity contribution is 5.71. The van der Waals surface area contributed by atoms with Crippen LogP contribution in [0.5, 0.6) is 0 Å². The van der Waals surface area contributed by atoms with Crippen molar-refractivity contribution in [2.75, 3.05) is 37.6 Å². The molecule has 1 aromatic carbocycles. The number of anilines is 1. The third-order valence-corrected chi connectivity index (χ3v) is 4.37. The Morgan fingerprint density at radius 1 is 1.17 bits per heavy atom. The van der Waals surface area contributed by atoms with Crippen LogP contribution in [0, 0.1) is 13.8 Å². The molecule has 3 rings (SSSR count). The van der Waals surface area contributed by atoms with Gasteiger partial charge >= 0.3 is 5.97 Å². The first-order chi connectivity index (χ1) is 11.5. The molecule has 2 saturated heterocycles. The van der Waals surface area contributed by atoms with Gasteiger partial charge in [-0.25, -0.2) is 0 Å². The molecule has 2 fully saturated rings. The number of carbonyl (C=O) groups excluding carboxylic acids is 1. The Hall–Kier alpha value is -2.08. The first kappa shape index (κ1) is 18.3. The van der Waals surface area contributed by atoms with Gasteiger partial charge in [0.15, 0.2) is 0 Å². The summed E-state index contributed by atoms with van der Waals surface area (Å²) in [6.07, 6.45) is 1.59. The van der Waals surface area contributed by atoms with E-state index in [9.17, 15) is 4.79 Å². The molecular weight excluding hydrogens is 308 g/mol. The van der Waals surface area contributed by atoms with Crippen LogP contribution in [-0.4, -0.2) is 61.3 Å². The van der Waals surface area contributed by atoms with E-state index >= 15 is 0 Å². The number of cyclic esters (lactones) is 1. The van der Waals surface area contributed by atoms with Crippen molar-refractivity contribution in [1.29, 1.82) is 0 Å². The molecule has 1 N–H and O–H groups in total. The van der Waals surface area contributed by atoms with E-state index in [2.05, 4.69) is 41.8 Å². The van der Waals surface area contributed by atoms with Crippen molar-refractivity contribution in [2.45, 2.75) is 32.8 Å². The lowest BCUT2D eigenvalue weighted by molar-refractivity contribution is -0.142. The third kappa shape index (κ3) is 5.23. The zero-order valence-electron chi connectivity index (χ0n) is 14.4. The summed E-state index contributed by atoms with van der Waals surface area (Å²) in [6, 6.07) is 6.75. The highest BCUT2D eigenvalue weighted by Gasteiger charge is 2.27. The maximum Gasteiger partial charge on any atom is 0.306 e. The fourth-order valence-corrected chi connectivity index (χ4v) is 3.32. The molecule has 0 bridgehead atoms. The Morgan fingerprint density at radius 3 is 2.25 bits per heavy atom. The van der Waals surface area contributed by atoms with Gasteiger partial charge in [0.2, 0.25) is 0 Å². The van der Waals surface area contributed by atoms with Gasteiger partial charge in [-0.2, -0.15) is 0 Å². The highest BCUT2D eigenvalue weighted by Crippen LogP contribution is 2.21. The van der Waals surface area contributed by atoms with Gasteiger partial charge < -0.3 is 14.7 Å². The van der Waals surface area contributed by atoms with E-state index in [4.69, 9.17) is 14.6 Å². The van der Waals surface area contributed by atoms with E-state index in [0.29, 0.717) is 6.42 Å². The topological polar surface area (TPSA) is 70.1 Å². The van der Waals surface area contributed by atoms with Gasteiger partial charge in [-0.3, -0.25) is 14.5 Å². The normalized spacial score (nSPS) is 21.0. The number of rotatable bonds is 3. The van der Waals surface area contributed by atoms with Crippen LogP contribution in [0.1, 0.15) is 24.0 Å². The van der Waals surface area contributed by atoms with E-state index in [0.717, 1.165) is 39.1 Å². The van der Waals surface area contributed by atoms with Gasteiger partial charge in [-0.1, -0.05) is 6.07 Å². The number of carbonyl (C=O) groups is 2. The predicted octanol–water partition coefficient (Wildman–Crippen LogP) is 1.83. The quantitative estimate of drug-likeness (QED) is 0.672. The van der Waals surface area contributed by atoms with Crippen LogP contribution in [-0.2, 0) is 14.3 Å². The zero-order valence-corrected chi connectivity index (χ0v) is 14.4. The second kappa shape index (κ2) is 8.68. The van der Waals surface area contributed by atoms with Crippen molar-refractivity contribution in [3.05, 3.63) is 29.3 Å². The summed E-state index contributed by atoms with van der Waals surface area (Å²) >= 11 is 0. The standard InChI is InChI=1S/C17H24N2O2.CH2O2/c1-13-9-14(2)11-15(10-13)19-7-5-18(6-8-19)12-16-3-4-17(20)21-16;2-1-3/h9-11,16H,3-8,12H2,1-2H3;1H,(H,2,3). The summed E-state index contributed by atoms with van der Waals surface area (Å²) in [4.78, 5) is 24.4. The lowest BCUT2D eigenvalue weighted by Gasteiger charge is -2.37. The maximum atomic E-state index is 11.1. The largest absolute Gasteiger partial charge is 0.483 e. The Bertz CT molecular complexity index is 548. The van der Waals surface area contributed by atoms with Crippen molar-refractivity contribution in [1.82, 2.24) is 4.90 Å². The molecule has 0 aromatic heterocycles. The van der Waals surface area contributed by atoms with Gasteiger partial charge in [0, 0.05) is 44.8 Å². The van der Waals surface area contributed by atoms with Crippen molar-refractivity contribution >= 4 is 18.1 Å². The van der Waals surface area contributed by atoms with Gasteiger partial charge in [0.25, 0.3) is 6.47 Å². The third-order valence-electron chi connectivity index (χ3n) is 4.37. The average molecular weight is 334 g/mol. The summed E-state index contributed by atoms with van der Waals surface area (Å²) in [5.74, 6) is -0.0335. The highest BCUT2D eigenvalue weighted by atomic mass is 16.5. The summed E-state index contributed by atoms with van der Waals surface area (Å²) in [5.41, 5.74) is 3.98. The van der Waals surface area contributed by atoms with Gasteiger partial charge in [-0.15, -0.1) is 0 Å². The molecular formula is C18H26N2O4. The van der Waals surface area contributed by atoms with Crippen molar-refractivity contribution < 1.29 is 19.4 Å². The number of nitrogens with zero attached hydrogens (tertiary/aromatic N) is 2. The first-order valence-electron chi connectivity index (χ1n) is 8.34. The molecule has 24 heavy (non-hydrogen) atoms. The molecule has 2 aliphatic heterocycles. The summed E-state index contributed by atoms with van der Waals surface area (Å²) < 4.78 is 5.31. The average Bonchev–Trinajstić information content (AvgIpc) is 2.93. The molecule has 6 heteroatoms. The Morgan fingerprint density at radius 2 is 1.75 bits per heavy atom. The number of hydrogen-bond donors (Lipinski definition) is 1. The van der Waals surface area contributed by atoms with Crippen molar-refractivity contribution in [3.63, 3.8) is 0 Å². The van der Waals surface area contributed by atoms with E-state index < -0.39 is 0 Å². The van der Waals surface area contributed by atoms with Gasteiger partial charge in [0.1, 0.15) is 6.10 Å². The van der Waals surface area contributed by atoms with Crippen LogP contribution < -0.4 is 4.90 Å².